The smallest absolute Gasteiger partial charge is 0.264 e. The first-order valence-corrected chi connectivity index (χ1v) is 10.5. The number of sulfonamides is 1. The predicted molar refractivity (Wildman–Crippen MR) is 98.0 cm³/mol. The molecule has 1 aromatic carbocycles. The average Bonchev–Trinajstić information content (AvgIpc) is 3.30. The molecule has 26 heavy (non-hydrogen) atoms. The molecular weight excluding hydrogens is 374 g/mol. The van der Waals surface area contributed by atoms with Crippen molar-refractivity contribution >= 4 is 33.2 Å². The number of hydrogen-bond acceptors (Lipinski definition) is 5. The lowest BCUT2D eigenvalue weighted by atomic mass is 10.2. The molecule has 1 aliphatic rings. The molecule has 1 fully saturated rings. The van der Waals surface area contributed by atoms with E-state index in [-0.39, 0.29) is 23.3 Å². The Hall–Kier alpha value is -2.23. The Balaban J connectivity index is 1.61. The predicted octanol–water partition coefficient (Wildman–Crippen LogP) is 1.32. The third-order valence-electron chi connectivity index (χ3n) is 4.27. The standard InChI is InChI=1S/C17H19N3O4S2/c18-26(23,24)13-7-5-12(6-8-13)11-19-16(21)14-3-1-9-20(14)17(22)15-4-2-10-25-15/h2,4-8,10,14H,1,3,9,11H2,(H,19,21)(H2,18,23,24)/t14-/m0/s1. The summed E-state index contributed by atoms with van der Waals surface area (Å²) < 4.78 is 22.5. The van der Waals surface area contributed by atoms with Crippen LogP contribution in [0.1, 0.15) is 28.1 Å². The fourth-order valence-corrected chi connectivity index (χ4v) is 4.12. The molecular formula is C17H19N3O4S2. The van der Waals surface area contributed by atoms with Crippen LogP contribution < -0.4 is 10.5 Å². The normalized spacial score (nSPS) is 17.3. The maximum absolute atomic E-state index is 12.5. The van der Waals surface area contributed by atoms with E-state index < -0.39 is 16.1 Å². The van der Waals surface area contributed by atoms with Gasteiger partial charge in [0.15, 0.2) is 0 Å². The molecule has 2 aromatic rings. The first-order chi connectivity index (χ1) is 12.4. The second-order valence-electron chi connectivity index (χ2n) is 6.04. The Bertz CT molecular complexity index is 893. The molecule has 0 bridgehead atoms. The zero-order valence-electron chi connectivity index (χ0n) is 13.9. The van der Waals surface area contributed by atoms with Gasteiger partial charge in [-0.15, -0.1) is 11.3 Å². The second-order valence-corrected chi connectivity index (χ2v) is 8.55. The molecule has 0 unspecified atom stereocenters. The second kappa shape index (κ2) is 7.56. The van der Waals surface area contributed by atoms with Crippen molar-refractivity contribution in [3.8, 4) is 0 Å². The minimum absolute atomic E-state index is 0.0242. The number of hydrogen-bond donors (Lipinski definition) is 2. The van der Waals surface area contributed by atoms with Crippen LogP contribution in [-0.4, -0.2) is 37.7 Å². The van der Waals surface area contributed by atoms with Gasteiger partial charge in [-0.2, -0.15) is 0 Å². The quantitative estimate of drug-likeness (QED) is 0.798. The van der Waals surface area contributed by atoms with E-state index in [1.165, 1.54) is 23.5 Å². The first-order valence-electron chi connectivity index (χ1n) is 8.10. The van der Waals surface area contributed by atoms with E-state index in [0.717, 1.165) is 12.0 Å². The number of thiophene rings is 1. The van der Waals surface area contributed by atoms with E-state index in [1.54, 1.807) is 23.1 Å². The van der Waals surface area contributed by atoms with Gasteiger partial charge in [0, 0.05) is 13.1 Å². The summed E-state index contributed by atoms with van der Waals surface area (Å²) in [6, 6.07) is 9.10. The Morgan fingerprint density at radius 3 is 2.58 bits per heavy atom. The molecule has 0 spiro atoms. The molecule has 7 nitrogen and oxygen atoms in total. The lowest BCUT2D eigenvalue weighted by Gasteiger charge is -2.23. The SMILES string of the molecule is NS(=O)(=O)c1ccc(CNC(=O)[C@@H]2CCCN2C(=O)c2cccs2)cc1. The van der Waals surface area contributed by atoms with Gasteiger partial charge in [0.25, 0.3) is 5.91 Å². The van der Waals surface area contributed by atoms with E-state index >= 15 is 0 Å². The third kappa shape index (κ3) is 4.12. The highest BCUT2D eigenvalue weighted by molar-refractivity contribution is 7.89. The summed E-state index contributed by atoms with van der Waals surface area (Å²) in [7, 11) is -3.73. The molecule has 2 amide bonds. The van der Waals surface area contributed by atoms with Crippen molar-refractivity contribution in [1.29, 1.82) is 0 Å². The van der Waals surface area contributed by atoms with Crippen molar-refractivity contribution < 1.29 is 18.0 Å². The number of nitrogens with one attached hydrogen (secondary N) is 1. The highest BCUT2D eigenvalue weighted by atomic mass is 32.2. The first kappa shape index (κ1) is 18.6. The summed E-state index contributed by atoms with van der Waals surface area (Å²) in [6.45, 7) is 0.819. The maximum atomic E-state index is 12.5. The Labute approximate surface area is 155 Å². The lowest BCUT2D eigenvalue weighted by Crippen LogP contribution is -2.45. The number of likely N-dealkylation sites (tertiary alicyclic amines) is 1. The van der Waals surface area contributed by atoms with Gasteiger partial charge in [-0.05, 0) is 42.0 Å². The number of primary sulfonamides is 1. The number of nitrogens with two attached hydrogens (primary N) is 1. The summed E-state index contributed by atoms with van der Waals surface area (Å²) in [6.07, 6.45) is 1.42. The van der Waals surface area contributed by atoms with Crippen molar-refractivity contribution in [3.05, 3.63) is 52.2 Å². The summed E-state index contributed by atoms with van der Waals surface area (Å²) in [4.78, 5) is 27.3. The number of carbonyl (C=O) groups excluding carboxylic acids is 2. The van der Waals surface area contributed by atoms with Crippen LogP contribution >= 0.6 is 11.3 Å². The molecule has 1 aromatic heterocycles. The van der Waals surface area contributed by atoms with Crippen LogP contribution in [-0.2, 0) is 21.4 Å². The molecule has 0 saturated carbocycles. The Morgan fingerprint density at radius 2 is 1.96 bits per heavy atom. The topological polar surface area (TPSA) is 110 Å². The number of rotatable bonds is 5. The van der Waals surface area contributed by atoms with E-state index in [0.29, 0.717) is 17.8 Å². The van der Waals surface area contributed by atoms with Crippen molar-refractivity contribution in [2.45, 2.75) is 30.3 Å². The Morgan fingerprint density at radius 1 is 1.23 bits per heavy atom. The van der Waals surface area contributed by atoms with Gasteiger partial charge in [-0.3, -0.25) is 9.59 Å². The highest BCUT2D eigenvalue weighted by Gasteiger charge is 2.34. The van der Waals surface area contributed by atoms with Crippen LogP contribution in [0.5, 0.6) is 0 Å². The molecule has 1 saturated heterocycles. The molecule has 3 rings (SSSR count). The Kier molecular flexibility index (Phi) is 5.40. The van der Waals surface area contributed by atoms with Gasteiger partial charge < -0.3 is 10.2 Å². The number of carbonyl (C=O) groups is 2. The average molecular weight is 393 g/mol. The van der Waals surface area contributed by atoms with Gasteiger partial charge in [-0.1, -0.05) is 18.2 Å². The van der Waals surface area contributed by atoms with Gasteiger partial charge >= 0.3 is 0 Å². The van der Waals surface area contributed by atoms with Gasteiger partial charge in [0.05, 0.1) is 9.77 Å². The van der Waals surface area contributed by atoms with Crippen LogP contribution in [0.4, 0.5) is 0 Å². The van der Waals surface area contributed by atoms with Crippen LogP contribution in [0.15, 0.2) is 46.7 Å². The molecule has 0 aliphatic carbocycles. The van der Waals surface area contributed by atoms with Crippen LogP contribution in [0.25, 0.3) is 0 Å². The molecule has 9 heteroatoms. The van der Waals surface area contributed by atoms with Crippen molar-refractivity contribution in [3.63, 3.8) is 0 Å². The van der Waals surface area contributed by atoms with E-state index in [1.807, 2.05) is 11.4 Å². The van der Waals surface area contributed by atoms with E-state index in [9.17, 15) is 18.0 Å². The van der Waals surface area contributed by atoms with Gasteiger partial charge in [0.1, 0.15) is 6.04 Å². The molecule has 0 radical (unpaired) electrons. The van der Waals surface area contributed by atoms with E-state index in [4.69, 9.17) is 5.14 Å². The minimum atomic E-state index is -3.73. The van der Waals surface area contributed by atoms with Gasteiger partial charge in [0.2, 0.25) is 15.9 Å². The third-order valence-corrected chi connectivity index (χ3v) is 6.05. The number of nitrogens with zero attached hydrogens (tertiary/aromatic N) is 1. The summed E-state index contributed by atoms with van der Waals surface area (Å²) in [5, 5.41) is 9.72. The lowest BCUT2D eigenvalue weighted by molar-refractivity contribution is -0.125. The fourth-order valence-electron chi connectivity index (χ4n) is 2.93. The van der Waals surface area contributed by atoms with Crippen LogP contribution in [0.2, 0.25) is 0 Å². The maximum Gasteiger partial charge on any atom is 0.264 e. The summed E-state index contributed by atoms with van der Waals surface area (Å²) in [5.41, 5.74) is 0.750. The zero-order chi connectivity index (χ0) is 18.7. The molecule has 1 aliphatic heterocycles. The van der Waals surface area contributed by atoms with Crippen molar-refractivity contribution in [2.24, 2.45) is 5.14 Å². The number of benzene rings is 1. The monoisotopic (exact) mass is 393 g/mol. The largest absolute Gasteiger partial charge is 0.350 e. The van der Waals surface area contributed by atoms with Crippen LogP contribution in [0, 0.1) is 0 Å². The van der Waals surface area contributed by atoms with Crippen molar-refractivity contribution in [1.82, 2.24) is 10.2 Å². The van der Waals surface area contributed by atoms with Gasteiger partial charge in [-0.25, -0.2) is 13.6 Å². The summed E-state index contributed by atoms with van der Waals surface area (Å²) in [5.74, 6) is -0.321. The van der Waals surface area contributed by atoms with Crippen molar-refractivity contribution in [2.75, 3.05) is 6.54 Å². The van der Waals surface area contributed by atoms with Crippen LogP contribution in [0.3, 0.4) is 0 Å². The zero-order valence-corrected chi connectivity index (χ0v) is 15.6. The molecule has 138 valence electrons. The molecule has 1 atom stereocenters. The highest BCUT2D eigenvalue weighted by Crippen LogP contribution is 2.22. The fraction of sp³-hybridized carbons (Fsp3) is 0.294. The summed E-state index contributed by atoms with van der Waals surface area (Å²) >= 11 is 1.36. The molecule has 2 heterocycles. The van der Waals surface area contributed by atoms with E-state index in [2.05, 4.69) is 5.32 Å². The number of amides is 2. The minimum Gasteiger partial charge on any atom is -0.350 e. The molecule has 3 N–H and O–H groups in total.